The molecule has 5 heteroatoms. The Bertz CT molecular complexity index is 331. The molecule has 0 bridgehead atoms. The lowest BCUT2D eigenvalue weighted by molar-refractivity contribution is 0.253. The van der Waals surface area contributed by atoms with E-state index in [1.54, 1.807) is 6.07 Å². The maximum Gasteiger partial charge on any atom is 0.218 e. The molecule has 0 radical (unpaired) electrons. The maximum atomic E-state index is 5.89. The summed E-state index contributed by atoms with van der Waals surface area (Å²) in [5, 5.41) is 0.443. The second-order valence-corrected chi connectivity index (χ2v) is 4.23. The van der Waals surface area contributed by atoms with Crippen LogP contribution in [0.3, 0.4) is 0 Å². The predicted octanol–water partition coefficient (Wildman–Crippen LogP) is 2.02. The first-order valence-electron chi connectivity index (χ1n) is 5.42. The minimum Gasteiger partial charge on any atom is -0.476 e. The van der Waals surface area contributed by atoms with Crippen molar-refractivity contribution in [3.8, 4) is 5.88 Å². The van der Waals surface area contributed by atoms with Gasteiger partial charge in [-0.3, -0.25) is 0 Å². The van der Waals surface area contributed by atoms with Crippen molar-refractivity contribution >= 4 is 11.6 Å². The SMILES string of the molecule is CCCc1nc(Cl)cc(OCCN(C)C)n1. The Hall–Kier alpha value is -0.870. The number of hydrogen-bond donors (Lipinski definition) is 0. The Balaban J connectivity index is 2.58. The third-order valence-corrected chi connectivity index (χ3v) is 2.17. The highest BCUT2D eigenvalue weighted by molar-refractivity contribution is 6.29. The lowest BCUT2D eigenvalue weighted by Gasteiger charge is -2.10. The zero-order valence-corrected chi connectivity index (χ0v) is 10.8. The van der Waals surface area contributed by atoms with Crippen LogP contribution in [0.1, 0.15) is 19.2 Å². The van der Waals surface area contributed by atoms with E-state index in [2.05, 4.69) is 21.8 Å². The van der Waals surface area contributed by atoms with Crippen molar-refractivity contribution in [2.45, 2.75) is 19.8 Å². The van der Waals surface area contributed by atoms with Crippen molar-refractivity contribution in [1.82, 2.24) is 14.9 Å². The molecule has 1 heterocycles. The standard InChI is InChI=1S/C11H18ClN3O/c1-4-5-10-13-9(12)8-11(14-10)16-7-6-15(2)3/h8H,4-7H2,1-3H3. The van der Waals surface area contributed by atoms with Crippen LogP contribution in [0.5, 0.6) is 5.88 Å². The van der Waals surface area contributed by atoms with Gasteiger partial charge in [-0.05, 0) is 20.5 Å². The maximum absolute atomic E-state index is 5.89. The number of nitrogens with zero attached hydrogens (tertiary/aromatic N) is 3. The molecule has 0 unspecified atom stereocenters. The molecule has 1 aromatic heterocycles. The summed E-state index contributed by atoms with van der Waals surface area (Å²) in [4.78, 5) is 10.5. The molecule has 0 aliphatic heterocycles. The van der Waals surface area contributed by atoms with Gasteiger partial charge in [0.15, 0.2) is 0 Å². The first kappa shape index (κ1) is 13.2. The van der Waals surface area contributed by atoms with Gasteiger partial charge in [0.1, 0.15) is 17.6 Å². The molecule has 4 nitrogen and oxygen atoms in total. The predicted molar refractivity (Wildman–Crippen MR) is 65.1 cm³/mol. The van der Waals surface area contributed by atoms with Gasteiger partial charge in [0.05, 0.1) is 0 Å². The van der Waals surface area contributed by atoms with Crippen molar-refractivity contribution in [3.63, 3.8) is 0 Å². The Morgan fingerprint density at radius 1 is 1.38 bits per heavy atom. The van der Waals surface area contributed by atoms with Crippen molar-refractivity contribution in [2.75, 3.05) is 27.2 Å². The van der Waals surface area contributed by atoms with Gasteiger partial charge < -0.3 is 9.64 Å². The third kappa shape index (κ3) is 4.77. The third-order valence-electron chi connectivity index (χ3n) is 1.98. The fourth-order valence-corrected chi connectivity index (χ4v) is 1.37. The largest absolute Gasteiger partial charge is 0.476 e. The number of hydrogen-bond acceptors (Lipinski definition) is 4. The Morgan fingerprint density at radius 3 is 2.75 bits per heavy atom. The van der Waals surface area contributed by atoms with E-state index in [-0.39, 0.29) is 0 Å². The van der Waals surface area contributed by atoms with Crippen LogP contribution in [0.15, 0.2) is 6.07 Å². The zero-order chi connectivity index (χ0) is 12.0. The summed E-state index contributed by atoms with van der Waals surface area (Å²) in [7, 11) is 4.00. The average Bonchev–Trinajstić information content (AvgIpc) is 2.16. The van der Waals surface area contributed by atoms with Crippen LogP contribution in [-0.4, -0.2) is 42.1 Å². The van der Waals surface area contributed by atoms with E-state index < -0.39 is 0 Å². The molecule has 0 aliphatic rings. The van der Waals surface area contributed by atoms with E-state index in [0.29, 0.717) is 17.6 Å². The zero-order valence-electron chi connectivity index (χ0n) is 10.0. The Kier molecular flexibility index (Phi) is 5.49. The van der Waals surface area contributed by atoms with E-state index in [9.17, 15) is 0 Å². The molecule has 90 valence electrons. The van der Waals surface area contributed by atoms with Gasteiger partial charge in [-0.25, -0.2) is 4.98 Å². The van der Waals surface area contributed by atoms with Gasteiger partial charge in [-0.1, -0.05) is 18.5 Å². The fourth-order valence-electron chi connectivity index (χ4n) is 1.18. The molecule has 1 rings (SSSR count). The highest BCUT2D eigenvalue weighted by Crippen LogP contribution is 2.14. The molecule has 0 spiro atoms. The molecule has 16 heavy (non-hydrogen) atoms. The van der Waals surface area contributed by atoms with Crippen molar-refractivity contribution < 1.29 is 4.74 Å². The summed E-state index contributed by atoms with van der Waals surface area (Å²) in [6.45, 7) is 3.54. The molecule has 0 aliphatic carbocycles. The summed E-state index contributed by atoms with van der Waals surface area (Å²) in [5.74, 6) is 1.31. The van der Waals surface area contributed by atoms with Crippen LogP contribution < -0.4 is 4.74 Å². The van der Waals surface area contributed by atoms with Crippen molar-refractivity contribution in [3.05, 3.63) is 17.0 Å². The van der Waals surface area contributed by atoms with Gasteiger partial charge in [0.2, 0.25) is 5.88 Å². The normalized spacial score (nSPS) is 10.8. The molecule has 0 atom stereocenters. The van der Waals surface area contributed by atoms with Crippen LogP contribution in [0.25, 0.3) is 0 Å². The minimum atomic E-state index is 0.443. The lowest BCUT2D eigenvalue weighted by atomic mass is 10.3. The fraction of sp³-hybridized carbons (Fsp3) is 0.636. The number of aromatic nitrogens is 2. The van der Waals surface area contributed by atoms with Crippen LogP contribution in [0.2, 0.25) is 5.15 Å². The second-order valence-electron chi connectivity index (χ2n) is 3.85. The summed E-state index contributed by atoms with van der Waals surface area (Å²) < 4.78 is 5.51. The van der Waals surface area contributed by atoms with E-state index >= 15 is 0 Å². The van der Waals surface area contributed by atoms with Crippen LogP contribution in [-0.2, 0) is 6.42 Å². The van der Waals surface area contributed by atoms with E-state index in [1.165, 1.54) is 0 Å². The Labute approximate surface area is 102 Å². The first-order chi connectivity index (χ1) is 7.61. The summed E-state index contributed by atoms with van der Waals surface area (Å²) in [6.07, 6.45) is 1.82. The Morgan fingerprint density at radius 2 is 2.12 bits per heavy atom. The van der Waals surface area contributed by atoms with E-state index in [0.717, 1.165) is 25.2 Å². The molecule has 0 aromatic carbocycles. The van der Waals surface area contributed by atoms with Gasteiger partial charge in [-0.15, -0.1) is 0 Å². The van der Waals surface area contributed by atoms with Gasteiger partial charge in [0.25, 0.3) is 0 Å². The molecule has 0 amide bonds. The average molecular weight is 244 g/mol. The monoisotopic (exact) mass is 243 g/mol. The highest BCUT2D eigenvalue weighted by atomic mass is 35.5. The minimum absolute atomic E-state index is 0.443. The molecule has 0 N–H and O–H groups in total. The molecule has 0 saturated heterocycles. The lowest BCUT2D eigenvalue weighted by Crippen LogP contribution is -2.19. The van der Waals surface area contributed by atoms with Crippen LogP contribution >= 0.6 is 11.6 Å². The smallest absolute Gasteiger partial charge is 0.218 e. The number of rotatable bonds is 6. The topological polar surface area (TPSA) is 38.2 Å². The molecule has 0 saturated carbocycles. The number of aryl methyl sites for hydroxylation is 1. The van der Waals surface area contributed by atoms with Crippen LogP contribution in [0.4, 0.5) is 0 Å². The number of ether oxygens (including phenoxy) is 1. The number of likely N-dealkylation sites (N-methyl/N-ethyl adjacent to an activating group) is 1. The van der Waals surface area contributed by atoms with E-state index in [1.807, 2.05) is 14.1 Å². The summed E-state index contributed by atoms with van der Waals surface area (Å²) in [5.41, 5.74) is 0. The van der Waals surface area contributed by atoms with Crippen molar-refractivity contribution in [1.29, 1.82) is 0 Å². The first-order valence-corrected chi connectivity index (χ1v) is 5.80. The number of halogens is 1. The van der Waals surface area contributed by atoms with Gasteiger partial charge >= 0.3 is 0 Å². The van der Waals surface area contributed by atoms with Crippen molar-refractivity contribution in [2.24, 2.45) is 0 Å². The van der Waals surface area contributed by atoms with Crippen LogP contribution in [0, 0.1) is 0 Å². The highest BCUT2D eigenvalue weighted by Gasteiger charge is 2.03. The molecular weight excluding hydrogens is 226 g/mol. The molecular formula is C11H18ClN3O. The van der Waals surface area contributed by atoms with E-state index in [4.69, 9.17) is 16.3 Å². The quantitative estimate of drug-likeness (QED) is 0.717. The summed E-state index contributed by atoms with van der Waals surface area (Å²) in [6, 6.07) is 1.65. The summed E-state index contributed by atoms with van der Waals surface area (Å²) >= 11 is 5.89. The molecule has 0 fully saturated rings. The molecule has 1 aromatic rings. The van der Waals surface area contributed by atoms with Gasteiger partial charge in [0, 0.05) is 19.0 Å². The van der Waals surface area contributed by atoms with Gasteiger partial charge in [-0.2, -0.15) is 4.98 Å². The second kappa shape index (κ2) is 6.66.